The Morgan fingerprint density at radius 2 is 1.95 bits per heavy atom. The molecule has 0 saturated heterocycles. The molecule has 1 N–H and O–H groups in total. The standard InChI is InChI=1S/C15H21N3O2/c1-11-7-6-10-13(16-11)17-14(19)15(20)18(2)12-8-4-3-5-9-12/h6-7,10,12H,3-5,8-9H2,1-2H3,(H,16,17,19). The number of carbonyl (C=O) groups excluding carboxylic acids is 2. The lowest BCUT2D eigenvalue weighted by atomic mass is 9.94. The van der Waals surface area contributed by atoms with Crippen molar-refractivity contribution < 1.29 is 9.59 Å². The van der Waals surface area contributed by atoms with Crippen molar-refractivity contribution in [2.75, 3.05) is 12.4 Å². The normalized spacial score (nSPS) is 15.7. The van der Waals surface area contributed by atoms with E-state index in [4.69, 9.17) is 0 Å². The quantitative estimate of drug-likeness (QED) is 0.841. The number of nitrogens with zero attached hydrogens (tertiary/aromatic N) is 2. The van der Waals surface area contributed by atoms with Gasteiger partial charge in [0, 0.05) is 18.8 Å². The fourth-order valence-corrected chi connectivity index (χ4v) is 2.58. The molecule has 1 aliphatic rings. The Morgan fingerprint density at radius 3 is 2.60 bits per heavy atom. The van der Waals surface area contributed by atoms with Gasteiger partial charge in [0.2, 0.25) is 0 Å². The molecular formula is C15H21N3O2. The van der Waals surface area contributed by atoms with Crippen LogP contribution in [0, 0.1) is 6.92 Å². The average Bonchev–Trinajstić information content (AvgIpc) is 2.46. The molecule has 1 fully saturated rings. The van der Waals surface area contributed by atoms with Crippen LogP contribution in [-0.4, -0.2) is 34.8 Å². The van der Waals surface area contributed by atoms with Gasteiger partial charge in [0.05, 0.1) is 0 Å². The molecule has 0 atom stereocenters. The van der Waals surface area contributed by atoms with Gasteiger partial charge in [0.25, 0.3) is 0 Å². The van der Waals surface area contributed by atoms with Crippen LogP contribution in [0.25, 0.3) is 0 Å². The minimum absolute atomic E-state index is 0.187. The van der Waals surface area contributed by atoms with Crippen LogP contribution in [-0.2, 0) is 9.59 Å². The van der Waals surface area contributed by atoms with Gasteiger partial charge in [-0.05, 0) is 31.9 Å². The first-order valence-corrected chi connectivity index (χ1v) is 7.09. The van der Waals surface area contributed by atoms with Crippen molar-refractivity contribution in [2.24, 2.45) is 0 Å². The van der Waals surface area contributed by atoms with Crippen molar-refractivity contribution in [1.29, 1.82) is 0 Å². The molecule has 0 aromatic carbocycles. The second-order valence-electron chi connectivity index (χ2n) is 5.33. The Bertz CT molecular complexity index is 496. The average molecular weight is 275 g/mol. The summed E-state index contributed by atoms with van der Waals surface area (Å²) in [4.78, 5) is 29.8. The topological polar surface area (TPSA) is 62.3 Å². The van der Waals surface area contributed by atoms with Gasteiger partial charge in [-0.2, -0.15) is 0 Å². The van der Waals surface area contributed by atoms with Crippen LogP contribution >= 0.6 is 0 Å². The van der Waals surface area contributed by atoms with Crippen molar-refractivity contribution in [2.45, 2.75) is 45.1 Å². The number of hydrogen-bond donors (Lipinski definition) is 1. The van der Waals surface area contributed by atoms with Crippen molar-refractivity contribution in [3.63, 3.8) is 0 Å². The van der Waals surface area contributed by atoms with E-state index in [-0.39, 0.29) is 6.04 Å². The first-order chi connectivity index (χ1) is 9.58. The summed E-state index contributed by atoms with van der Waals surface area (Å²) in [6, 6.07) is 5.50. The molecule has 0 bridgehead atoms. The summed E-state index contributed by atoms with van der Waals surface area (Å²) < 4.78 is 0. The molecule has 0 radical (unpaired) electrons. The number of hydrogen-bond acceptors (Lipinski definition) is 3. The van der Waals surface area contributed by atoms with Gasteiger partial charge < -0.3 is 10.2 Å². The lowest BCUT2D eigenvalue weighted by Gasteiger charge is -2.30. The van der Waals surface area contributed by atoms with E-state index in [1.165, 1.54) is 6.42 Å². The molecule has 1 saturated carbocycles. The third-order valence-electron chi connectivity index (χ3n) is 3.77. The summed E-state index contributed by atoms with van der Waals surface area (Å²) in [5.41, 5.74) is 0.802. The molecule has 5 heteroatoms. The number of amides is 2. The number of nitrogens with one attached hydrogen (secondary N) is 1. The molecule has 108 valence electrons. The molecule has 1 aliphatic carbocycles. The van der Waals surface area contributed by atoms with Crippen LogP contribution in [0.4, 0.5) is 5.82 Å². The lowest BCUT2D eigenvalue weighted by Crippen LogP contribution is -2.44. The summed E-state index contributed by atoms with van der Waals surface area (Å²) in [5.74, 6) is -0.684. The van der Waals surface area contributed by atoms with Crippen LogP contribution in [0.15, 0.2) is 18.2 Å². The predicted molar refractivity (Wildman–Crippen MR) is 77.2 cm³/mol. The highest BCUT2D eigenvalue weighted by Crippen LogP contribution is 2.21. The Balaban J connectivity index is 1.95. The molecule has 20 heavy (non-hydrogen) atoms. The fraction of sp³-hybridized carbons (Fsp3) is 0.533. The first-order valence-electron chi connectivity index (χ1n) is 7.09. The highest BCUT2D eigenvalue weighted by Gasteiger charge is 2.26. The van der Waals surface area contributed by atoms with Crippen LogP contribution < -0.4 is 5.32 Å². The number of aromatic nitrogens is 1. The van der Waals surface area contributed by atoms with E-state index in [0.717, 1.165) is 31.4 Å². The number of pyridine rings is 1. The van der Waals surface area contributed by atoms with E-state index >= 15 is 0 Å². The second kappa shape index (κ2) is 6.50. The molecule has 0 unspecified atom stereocenters. The molecule has 0 spiro atoms. The molecule has 1 aromatic rings. The highest BCUT2D eigenvalue weighted by molar-refractivity contribution is 6.39. The molecule has 1 aromatic heterocycles. The minimum Gasteiger partial charge on any atom is -0.335 e. The number of carbonyl (C=O) groups is 2. The minimum atomic E-state index is -0.615. The molecule has 2 rings (SSSR count). The summed E-state index contributed by atoms with van der Waals surface area (Å²) in [7, 11) is 1.71. The Labute approximate surface area is 119 Å². The summed E-state index contributed by atoms with van der Waals surface area (Å²) >= 11 is 0. The zero-order chi connectivity index (χ0) is 14.5. The maximum atomic E-state index is 12.1. The fourth-order valence-electron chi connectivity index (χ4n) is 2.58. The van der Waals surface area contributed by atoms with Crippen LogP contribution in [0.2, 0.25) is 0 Å². The summed E-state index contributed by atoms with van der Waals surface area (Å²) in [5, 5.41) is 2.56. The van der Waals surface area contributed by atoms with E-state index in [2.05, 4.69) is 10.3 Å². The van der Waals surface area contributed by atoms with Crippen molar-refractivity contribution in [1.82, 2.24) is 9.88 Å². The number of aryl methyl sites for hydroxylation is 1. The van der Waals surface area contributed by atoms with Gasteiger partial charge in [-0.1, -0.05) is 25.3 Å². The third-order valence-corrected chi connectivity index (χ3v) is 3.77. The summed E-state index contributed by atoms with van der Waals surface area (Å²) in [6.45, 7) is 1.84. The van der Waals surface area contributed by atoms with Gasteiger partial charge >= 0.3 is 11.8 Å². The molecule has 1 heterocycles. The van der Waals surface area contributed by atoms with Crippen LogP contribution in [0.1, 0.15) is 37.8 Å². The molecule has 2 amide bonds. The van der Waals surface area contributed by atoms with Crippen molar-refractivity contribution >= 4 is 17.6 Å². The zero-order valence-electron chi connectivity index (χ0n) is 12.1. The Kier molecular flexibility index (Phi) is 4.71. The molecular weight excluding hydrogens is 254 g/mol. The number of likely N-dealkylation sites (N-methyl/N-ethyl adjacent to an activating group) is 1. The van der Waals surface area contributed by atoms with Gasteiger partial charge in [-0.15, -0.1) is 0 Å². The van der Waals surface area contributed by atoms with Gasteiger partial charge in [0.1, 0.15) is 5.82 Å². The van der Waals surface area contributed by atoms with Gasteiger partial charge in [-0.3, -0.25) is 9.59 Å². The lowest BCUT2D eigenvalue weighted by molar-refractivity contribution is -0.144. The maximum absolute atomic E-state index is 12.1. The third kappa shape index (κ3) is 3.56. The Hall–Kier alpha value is -1.91. The second-order valence-corrected chi connectivity index (χ2v) is 5.33. The summed E-state index contributed by atoms with van der Waals surface area (Å²) in [6.07, 6.45) is 5.45. The predicted octanol–water partition coefficient (Wildman–Crippen LogP) is 2.12. The van der Waals surface area contributed by atoms with E-state index in [1.54, 1.807) is 24.1 Å². The smallest absolute Gasteiger partial charge is 0.315 e. The zero-order valence-corrected chi connectivity index (χ0v) is 12.1. The largest absolute Gasteiger partial charge is 0.335 e. The van der Waals surface area contributed by atoms with E-state index in [9.17, 15) is 9.59 Å². The highest BCUT2D eigenvalue weighted by atomic mass is 16.2. The van der Waals surface area contributed by atoms with E-state index < -0.39 is 11.8 Å². The van der Waals surface area contributed by atoms with Gasteiger partial charge in [-0.25, -0.2) is 4.98 Å². The SMILES string of the molecule is Cc1cccc(NC(=O)C(=O)N(C)C2CCCCC2)n1. The van der Waals surface area contributed by atoms with E-state index in [1.807, 2.05) is 13.0 Å². The van der Waals surface area contributed by atoms with Gasteiger partial charge in [0.15, 0.2) is 0 Å². The van der Waals surface area contributed by atoms with E-state index in [0.29, 0.717) is 5.82 Å². The monoisotopic (exact) mass is 275 g/mol. The number of rotatable bonds is 2. The molecule has 0 aliphatic heterocycles. The van der Waals surface area contributed by atoms with Crippen LogP contribution in [0.3, 0.4) is 0 Å². The number of anilines is 1. The maximum Gasteiger partial charge on any atom is 0.315 e. The Morgan fingerprint density at radius 1 is 1.25 bits per heavy atom. The van der Waals surface area contributed by atoms with Crippen molar-refractivity contribution in [3.8, 4) is 0 Å². The van der Waals surface area contributed by atoms with Crippen LogP contribution in [0.5, 0.6) is 0 Å². The molecule has 5 nitrogen and oxygen atoms in total. The first kappa shape index (κ1) is 14.5. The van der Waals surface area contributed by atoms with Crippen molar-refractivity contribution in [3.05, 3.63) is 23.9 Å².